The van der Waals surface area contributed by atoms with Crippen molar-refractivity contribution in [2.75, 3.05) is 4.90 Å². The first-order valence-electron chi connectivity index (χ1n) is 11.6. The molecule has 3 aromatic rings. The van der Waals surface area contributed by atoms with Crippen LogP contribution in [0.5, 0.6) is 0 Å². The number of rotatable bonds is 6. The second-order valence-electron chi connectivity index (χ2n) is 8.89. The fourth-order valence-electron chi connectivity index (χ4n) is 4.48. The molecule has 1 atom stereocenters. The number of amides is 2. The minimum Gasteiger partial charge on any atom is -0.351 e. The summed E-state index contributed by atoms with van der Waals surface area (Å²) < 4.78 is 18.6. The van der Waals surface area contributed by atoms with Gasteiger partial charge < -0.3 is 5.32 Å². The Labute approximate surface area is 203 Å². The van der Waals surface area contributed by atoms with Crippen LogP contribution in [0.2, 0.25) is 0 Å². The fraction of sp³-hybridized carbons (Fsp3) is 0.385. The third-order valence-corrected chi connectivity index (χ3v) is 7.08. The Morgan fingerprint density at radius 1 is 1.06 bits per heavy atom. The Morgan fingerprint density at radius 2 is 1.79 bits per heavy atom. The maximum Gasteiger partial charge on any atom is 0.281 e. The second-order valence-corrected chi connectivity index (χ2v) is 9.85. The summed E-state index contributed by atoms with van der Waals surface area (Å²) >= 11 is 1.12. The van der Waals surface area contributed by atoms with Gasteiger partial charge in [-0.1, -0.05) is 54.1 Å². The van der Waals surface area contributed by atoms with Crippen molar-refractivity contribution in [3.05, 3.63) is 75.5 Å². The molecular weight excluding hydrogens is 451 g/mol. The summed E-state index contributed by atoms with van der Waals surface area (Å²) in [7, 11) is 0. The van der Waals surface area contributed by atoms with E-state index >= 15 is 0 Å². The number of halogens is 1. The van der Waals surface area contributed by atoms with Gasteiger partial charge in [0.1, 0.15) is 11.9 Å². The van der Waals surface area contributed by atoms with Crippen LogP contribution in [0.3, 0.4) is 0 Å². The zero-order valence-corrected chi connectivity index (χ0v) is 20.5. The molecule has 6 nitrogen and oxygen atoms in total. The van der Waals surface area contributed by atoms with Crippen LogP contribution in [0.25, 0.3) is 0 Å². The third kappa shape index (κ3) is 5.01. The Kier molecular flexibility index (Phi) is 7.36. The summed E-state index contributed by atoms with van der Waals surface area (Å²) in [6, 6.07) is 11.2. The van der Waals surface area contributed by atoms with E-state index in [4.69, 9.17) is 0 Å². The Hall–Kier alpha value is -3.13. The lowest BCUT2D eigenvalue weighted by atomic mass is 9.93. The summed E-state index contributed by atoms with van der Waals surface area (Å²) in [6.45, 7) is 5.33. The van der Waals surface area contributed by atoms with Gasteiger partial charge >= 0.3 is 0 Å². The number of hydrogen-bond acceptors (Lipinski definition) is 5. The molecule has 0 saturated heterocycles. The fourth-order valence-corrected chi connectivity index (χ4v) is 4.94. The number of aromatic nitrogens is 2. The average Bonchev–Trinajstić information content (AvgIpc) is 3.26. The van der Waals surface area contributed by atoms with Crippen LogP contribution in [0.1, 0.15) is 70.2 Å². The highest BCUT2D eigenvalue weighted by molar-refractivity contribution is 7.05. The second kappa shape index (κ2) is 10.4. The SMILES string of the molecule is Cc1ccc(N(C(=O)c2nnsc2C)C(C(=O)NC2CCCCC2)c2ccccc2C)cc1F. The summed E-state index contributed by atoms with van der Waals surface area (Å²) in [5.74, 6) is -1.21. The van der Waals surface area contributed by atoms with E-state index in [0.717, 1.165) is 49.2 Å². The van der Waals surface area contributed by atoms with E-state index in [1.165, 1.54) is 11.0 Å². The zero-order valence-electron chi connectivity index (χ0n) is 19.7. The summed E-state index contributed by atoms with van der Waals surface area (Å²) in [6.07, 6.45) is 5.12. The van der Waals surface area contributed by atoms with Gasteiger partial charge in [0.25, 0.3) is 5.91 Å². The van der Waals surface area contributed by atoms with Crippen LogP contribution < -0.4 is 10.2 Å². The van der Waals surface area contributed by atoms with Crippen molar-refractivity contribution in [1.29, 1.82) is 0 Å². The molecule has 0 spiro atoms. The van der Waals surface area contributed by atoms with Crippen molar-refractivity contribution in [2.45, 2.75) is 65.0 Å². The maximum atomic E-state index is 14.7. The molecule has 0 aliphatic heterocycles. The standard InChI is InChI=1S/C26H29FN4O2S/c1-16-9-7-8-12-21(16)24(25(32)28-19-10-5-4-6-11-19)31(20-14-13-17(2)22(27)15-20)26(33)23-18(3)34-30-29-23/h7-9,12-15,19,24H,4-6,10-11H2,1-3H3,(H,28,32). The first-order chi connectivity index (χ1) is 16.4. The first kappa shape index (κ1) is 24.0. The molecule has 1 aliphatic rings. The van der Waals surface area contributed by atoms with Gasteiger partial charge in [-0.2, -0.15) is 0 Å². The van der Waals surface area contributed by atoms with Crippen LogP contribution in [0.4, 0.5) is 10.1 Å². The van der Waals surface area contributed by atoms with Crippen LogP contribution in [0.15, 0.2) is 42.5 Å². The molecular formula is C26H29FN4O2S. The van der Waals surface area contributed by atoms with Crippen LogP contribution in [-0.2, 0) is 4.79 Å². The molecule has 1 fully saturated rings. The molecule has 4 rings (SSSR count). The molecule has 1 aliphatic carbocycles. The van der Waals surface area contributed by atoms with E-state index < -0.39 is 17.8 Å². The van der Waals surface area contributed by atoms with Gasteiger partial charge in [-0.25, -0.2) is 4.39 Å². The number of carbonyl (C=O) groups excluding carboxylic acids is 2. The van der Waals surface area contributed by atoms with Crippen LogP contribution >= 0.6 is 11.5 Å². The van der Waals surface area contributed by atoms with Crippen molar-refractivity contribution in [3.8, 4) is 0 Å². The van der Waals surface area contributed by atoms with Gasteiger partial charge in [-0.05, 0) is 74.0 Å². The van der Waals surface area contributed by atoms with Crippen molar-refractivity contribution < 1.29 is 14.0 Å². The van der Waals surface area contributed by atoms with E-state index in [0.29, 0.717) is 21.7 Å². The van der Waals surface area contributed by atoms with Gasteiger partial charge in [0.15, 0.2) is 5.69 Å². The molecule has 2 aromatic carbocycles. The summed E-state index contributed by atoms with van der Waals surface area (Å²) in [5.41, 5.74) is 2.47. The van der Waals surface area contributed by atoms with Crippen molar-refractivity contribution in [2.24, 2.45) is 0 Å². The van der Waals surface area contributed by atoms with Crippen molar-refractivity contribution >= 4 is 29.0 Å². The smallest absolute Gasteiger partial charge is 0.281 e. The lowest BCUT2D eigenvalue weighted by molar-refractivity contribution is -0.123. The molecule has 2 amide bonds. The highest BCUT2D eigenvalue weighted by Gasteiger charge is 2.37. The number of nitrogens with zero attached hydrogens (tertiary/aromatic N) is 3. The number of anilines is 1. The topological polar surface area (TPSA) is 75.2 Å². The van der Waals surface area contributed by atoms with Crippen LogP contribution in [-0.4, -0.2) is 27.4 Å². The molecule has 1 unspecified atom stereocenters. The number of nitrogens with one attached hydrogen (secondary N) is 1. The number of hydrogen-bond donors (Lipinski definition) is 1. The zero-order chi connectivity index (χ0) is 24.2. The van der Waals surface area contributed by atoms with Crippen LogP contribution in [0, 0.1) is 26.6 Å². The molecule has 0 radical (unpaired) electrons. The number of carbonyl (C=O) groups is 2. The predicted octanol–water partition coefficient (Wildman–Crippen LogP) is 5.44. The Morgan fingerprint density at radius 3 is 2.44 bits per heavy atom. The van der Waals surface area contributed by atoms with Gasteiger partial charge in [-0.3, -0.25) is 14.5 Å². The molecule has 1 aromatic heterocycles. The quantitative estimate of drug-likeness (QED) is 0.510. The van der Waals surface area contributed by atoms with Gasteiger partial charge in [-0.15, -0.1) is 5.10 Å². The molecule has 8 heteroatoms. The summed E-state index contributed by atoms with van der Waals surface area (Å²) in [4.78, 5) is 29.7. The molecule has 1 N–H and O–H groups in total. The van der Waals surface area contributed by atoms with Gasteiger partial charge in [0, 0.05) is 11.7 Å². The van der Waals surface area contributed by atoms with E-state index in [2.05, 4.69) is 14.9 Å². The highest BCUT2D eigenvalue weighted by Crippen LogP contribution is 2.33. The number of aryl methyl sites for hydroxylation is 3. The molecule has 178 valence electrons. The first-order valence-corrected chi connectivity index (χ1v) is 12.4. The Bertz CT molecular complexity index is 1190. The predicted molar refractivity (Wildman–Crippen MR) is 132 cm³/mol. The van der Waals surface area contributed by atoms with Gasteiger partial charge in [0.2, 0.25) is 5.91 Å². The molecule has 1 heterocycles. The van der Waals surface area contributed by atoms with E-state index in [1.807, 2.05) is 31.2 Å². The monoisotopic (exact) mass is 480 g/mol. The number of benzene rings is 2. The summed E-state index contributed by atoms with van der Waals surface area (Å²) in [5, 5.41) is 7.20. The van der Waals surface area contributed by atoms with Crippen molar-refractivity contribution in [1.82, 2.24) is 14.9 Å². The van der Waals surface area contributed by atoms with E-state index in [1.54, 1.807) is 26.0 Å². The van der Waals surface area contributed by atoms with E-state index in [9.17, 15) is 14.0 Å². The molecule has 1 saturated carbocycles. The third-order valence-electron chi connectivity index (χ3n) is 6.45. The van der Waals surface area contributed by atoms with E-state index in [-0.39, 0.29) is 17.6 Å². The van der Waals surface area contributed by atoms with Gasteiger partial charge in [0.05, 0.1) is 4.88 Å². The lowest BCUT2D eigenvalue weighted by Gasteiger charge is -2.34. The normalized spacial score (nSPS) is 15.1. The Balaban J connectivity index is 1.85. The highest BCUT2D eigenvalue weighted by atomic mass is 32.1. The average molecular weight is 481 g/mol. The lowest BCUT2D eigenvalue weighted by Crippen LogP contribution is -2.47. The largest absolute Gasteiger partial charge is 0.351 e. The molecule has 34 heavy (non-hydrogen) atoms. The minimum absolute atomic E-state index is 0.0575. The molecule has 0 bridgehead atoms. The minimum atomic E-state index is -0.987. The maximum absolute atomic E-state index is 14.7. The van der Waals surface area contributed by atoms with Crippen molar-refractivity contribution in [3.63, 3.8) is 0 Å².